The average molecular weight is 524 g/mol. The second-order valence-corrected chi connectivity index (χ2v) is 9.46. The highest BCUT2D eigenvalue weighted by molar-refractivity contribution is 7.98. The Hall–Kier alpha value is -4.06. The van der Waals surface area contributed by atoms with Crippen LogP contribution in [0.2, 0.25) is 0 Å². The van der Waals surface area contributed by atoms with Crippen molar-refractivity contribution in [1.29, 1.82) is 0 Å². The highest BCUT2D eigenvalue weighted by Gasteiger charge is 2.38. The third kappa shape index (κ3) is 4.59. The van der Waals surface area contributed by atoms with Gasteiger partial charge in [0, 0.05) is 47.2 Å². The summed E-state index contributed by atoms with van der Waals surface area (Å²) in [6.45, 7) is 0. The summed E-state index contributed by atoms with van der Waals surface area (Å²) in [5.41, 5.74) is 3.14. The number of nitro benzene ring substituents is 1. The Morgan fingerprint density at radius 1 is 1.08 bits per heavy atom. The van der Waals surface area contributed by atoms with Crippen molar-refractivity contribution in [2.24, 2.45) is 0 Å². The molecule has 0 saturated heterocycles. The number of nitrogens with zero attached hydrogens (tertiary/aromatic N) is 4. The lowest BCUT2D eigenvalue weighted by atomic mass is 9.85. The van der Waals surface area contributed by atoms with Crippen LogP contribution in [-0.2, 0) is 10.5 Å². The van der Waals surface area contributed by atoms with Crippen LogP contribution in [0, 0.1) is 10.1 Å². The summed E-state index contributed by atoms with van der Waals surface area (Å²) in [7, 11) is 4.68. The Morgan fingerprint density at radius 2 is 1.78 bits per heavy atom. The standard InChI is InChI=1S/C25H25N5O6S/c1-34-19-12-21(36-3)20(35-2)11-16(19)23-22-17(5-4-6-18(22)31)26-24-27-25(28-29(23)24)37-13-14-7-9-15(10-8-14)30(32)33/h7-12,23H,4-6,13H2,1-3H3,(H,26,27,28). The van der Waals surface area contributed by atoms with Gasteiger partial charge in [-0.1, -0.05) is 23.9 Å². The monoisotopic (exact) mass is 523 g/mol. The molecule has 5 rings (SSSR count). The predicted octanol–water partition coefficient (Wildman–Crippen LogP) is 4.53. The number of thioether (sulfide) groups is 1. The van der Waals surface area contributed by atoms with Crippen molar-refractivity contribution >= 4 is 29.2 Å². The Kier molecular flexibility index (Phi) is 6.74. The first-order valence-corrected chi connectivity index (χ1v) is 12.6. The number of non-ortho nitro benzene ring substituents is 1. The zero-order valence-corrected chi connectivity index (χ0v) is 21.3. The zero-order chi connectivity index (χ0) is 26.1. The first kappa shape index (κ1) is 24.6. The van der Waals surface area contributed by atoms with Gasteiger partial charge in [-0.05, 0) is 24.5 Å². The van der Waals surface area contributed by atoms with Crippen LogP contribution < -0.4 is 19.5 Å². The fraction of sp³-hybridized carbons (Fsp3) is 0.320. The van der Waals surface area contributed by atoms with Gasteiger partial charge in [0.15, 0.2) is 17.3 Å². The number of hydrogen-bond donors (Lipinski definition) is 1. The van der Waals surface area contributed by atoms with Crippen molar-refractivity contribution in [2.75, 3.05) is 26.6 Å². The van der Waals surface area contributed by atoms with Crippen molar-refractivity contribution in [3.05, 3.63) is 68.9 Å². The number of rotatable bonds is 8. The number of aromatic nitrogens is 3. The molecule has 1 aromatic heterocycles. The maximum absolute atomic E-state index is 13.2. The molecule has 3 aromatic rings. The second kappa shape index (κ2) is 10.1. The minimum atomic E-state index is -0.560. The molecule has 2 aromatic carbocycles. The van der Waals surface area contributed by atoms with Gasteiger partial charge in [-0.2, -0.15) is 4.98 Å². The molecule has 11 nitrogen and oxygen atoms in total. The maximum atomic E-state index is 13.2. The topological polar surface area (TPSA) is 131 Å². The third-order valence-electron chi connectivity index (χ3n) is 6.39. The van der Waals surface area contributed by atoms with Crippen LogP contribution in [0.5, 0.6) is 17.2 Å². The predicted molar refractivity (Wildman–Crippen MR) is 136 cm³/mol. The lowest BCUT2D eigenvalue weighted by molar-refractivity contribution is -0.384. The number of Topliss-reactive ketones (excluding diaryl/α,β-unsaturated/α-hetero) is 1. The van der Waals surface area contributed by atoms with Gasteiger partial charge in [0.2, 0.25) is 11.1 Å². The summed E-state index contributed by atoms with van der Waals surface area (Å²) in [4.78, 5) is 28.4. The number of ketones is 1. The quantitative estimate of drug-likeness (QED) is 0.255. The first-order chi connectivity index (χ1) is 17.9. The van der Waals surface area contributed by atoms with E-state index in [-0.39, 0.29) is 11.5 Å². The van der Waals surface area contributed by atoms with E-state index in [9.17, 15) is 14.9 Å². The molecule has 1 aliphatic heterocycles. The van der Waals surface area contributed by atoms with Crippen LogP contribution in [0.3, 0.4) is 0 Å². The smallest absolute Gasteiger partial charge is 0.269 e. The first-order valence-electron chi connectivity index (χ1n) is 11.6. The Bertz CT molecular complexity index is 1400. The van der Waals surface area contributed by atoms with E-state index in [0.717, 1.165) is 24.1 Å². The van der Waals surface area contributed by atoms with Crippen LogP contribution in [0.15, 0.2) is 52.8 Å². The highest BCUT2D eigenvalue weighted by atomic mass is 32.2. The largest absolute Gasteiger partial charge is 0.496 e. The van der Waals surface area contributed by atoms with Gasteiger partial charge in [0.25, 0.3) is 5.69 Å². The van der Waals surface area contributed by atoms with Crippen molar-refractivity contribution < 1.29 is 23.9 Å². The molecule has 1 N–H and O–H groups in total. The molecule has 0 bridgehead atoms. The van der Waals surface area contributed by atoms with Gasteiger partial charge in [0.05, 0.1) is 26.3 Å². The van der Waals surface area contributed by atoms with E-state index in [4.69, 9.17) is 19.3 Å². The van der Waals surface area contributed by atoms with Crippen LogP contribution in [0.1, 0.15) is 36.4 Å². The molecule has 0 spiro atoms. The zero-order valence-electron chi connectivity index (χ0n) is 20.5. The van der Waals surface area contributed by atoms with E-state index in [1.165, 1.54) is 23.9 Å². The Labute approximate surface area is 217 Å². The lowest BCUT2D eigenvalue weighted by Gasteiger charge is -2.33. The molecule has 37 heavy (non-hydrogen) atoms. The Morgan fingerprint density at radius 3 is 2.46 bits per heavy atom. The van der Waals surface area contributed by atoms with Gasteiger partial charge in [0.1, 0.15) is 11.8 Å². The molecular formula is C25H25N5O6S. The maximum Gasteiger partial charge on any atom is 0.269 e. The molecule has 1 aliphatic carbocycles. The number of ether oxygens (including phenoxy) is 3. The van der Waals surface area contributed by atoms with Crippen molar-refractivity contribution in [1.82, 2.24) is 14.8 Å². The van der Waals surface area contributed by atoms with Gasteiger partial charge in [-0.3, -0.25) is 14.9 Å². The number of allylic oxidation sites excluding steroid dienone is 2. The van der Waals surface area contributed by atoms with E-state index in [2.05, 4.69) is 10.3 Å². The summed E-state index contributed by atoms with van der Waals surface area (Å²) in [5, 5.41) is 19.5. The SMILES string of the molecule is COc1cc(OC)c(C2C3=C(CCCC3=O)Nc3nc(SCc4ccc([N+](=O)[O-])cc4)nn32)cc1OC. The molecule has 0 saturated carbocycles. The summed E-state index contributed by atoms with van der Waals surface area (Å²) in [6, 6.07) is 9.39. The number of nitrogens with one attached hydrogen (secondary N) is 1. The van der Waals surface area contributed by atoms with E-state index in [0.29, 0.717) is 51.7 Å². The molecule has 1 atom stereocenters. The molecule has 2 heterocycles. The minimum absolute atomic E-state index is 0.0431. The summed E-state index contributed by atoms with van der Waals surface area (Å²) >= 11 is 1.40. The lowest BCUT2D eigenvalue weighted by Crippen LogP contribution is -2.31. The fourth-order valence-electron chi connectivity index (χ4n) is 4.61. The summed E-state index contributed by atoms with van der Waals surface area (Å²) in [6.07, 6.45) is 1.94. The summed E-state index contributed by atoms with van der Waals surface area (Å²) in [5.74, 6) is 2.67. The molecule has 2 aliphatic rings. The average Bonchev–Trinajstić information content (AvgIpc) is 3.32. The number of anilines is 1. The molecule has 192 valence electrons. The third-order valence-corrected chi connectivity index (χ3v) is 7.30. The van der Waals surface area contributed by atoms with Crippen LogP contribution in [-0.4, -0.2) is 46.8 Å². The van der Waals surface area contributed by atoms with Crippen molar-refractivity contribution in [2.45, 2.75) is 36.2 Å². The number of hydrogen-bond acceptors (Lipinski definition) is 10. The molecule has 1 unspecified atom stereocenters. The number of fused-ring (bicyclic) bond motifs is 1. The van der Waals surface area contributed by atoms with Gasteiger partial charge in [-0.15, -0.1) is 5.10 Å². The fourth-order valence-corrected chi connectivity index (χ4v) is 5.40. The molecule has 12 heteroatoms. The van der Waals surface area contributed by atoms with Crippen molar-refractivity contribution in [3.63, 3.8) is 0 Å². The van der Waals surface area contributed by atoms with E-state index in [1.54, 1.807) is 44.2 Å². The number of benzene rings is 2. The van der Waals surface area contributed by atoms with E-state index < -0.39 is 11.0 Å². The second-order valence-electron chi connectivity index (χ2n) is 8.52. The molecule has 0 fully saturated rings. The summed E-state index contributed by atoms with van der Waals surface area (Å²) < 4.78 is 18.4. The minimum Gasteiger partial charge on any atom is -0.496 e. The number of methoxy groups -OCH3 is 3. The normalized spacial score (nSPS) is 16.5. The van der Waals surface area contributed by atoms with Crippen LogP contribution in [0.4, 0.5) is 11.6 Å². The highest BCUT2D eigenvalue weighted by Crippen LogP contribution is 2.46. The molecular weight excluding hydrogens is 498 g/mol. The van der Waals surface area contributed by atoms with Crippen molar-refractivity contribution in [3.8, 4) is 17.2 Å². The van der Waals surface area contributed by atoms with Gasteiger partial charge < -0.3 is 19.5 Å². The molecule has 0 amide bonds. The number of carbonyl (C=O) groups excluding carboxylic acids is 1. The number of nitro groups is 1. The van der Waals surface area contributed by atoms with E-state index >= 15 is 0 Å². The van der Waals surface area contributed by atoms with Crippen LogP contribution >= 0.6 is 11.8 Å². The van der Waals surface area contributed by atoms with Gasteiger partial charge >= 0.3 is 0 Å². The van der Waals surface area contributed by atoms with E-state index in [1.807, 2.05) is 6.07 Å². The van der Waals surface area contributed by atoms with Crippen LogP contribution in [0.25, 0.3) is 0 Å². The molecule has 0 radical (unpaired) electrons. The Balaban J connectivity index is 1.53. The van der Waals surface area contributed by atoms with Gasteiger partial charge in [-0.25, -0.2) is 4.68 Å². The number of carbonyl (C=O) groups is 1.